The molecule has 1 fully saturated rings. The van der Waals surface area contributed by atoms with Crippen molar-refractivity contribution in [3.63, 3.8) is 0 Å². The topological polar surface area (TPSA) is 50.9 Å². The number of nitrogens with zero attached hydrogens (tertiary/aromatic N) is 3. The number of alkyl halides is 1. The van der Waals surface area contributed by atoms with E-state index in [0.29, 0.717) is 17.8 Å². The maximum absolute atomic E-state index is 5.64. The molecule has 6 heteroatoms. The summed E-state index contributed by atoms with van der Waals surface area (Å²) in [5.41, 5.74) is 2.26. The predicted molar refractivity (Wildman–Crippen MR) is 84.6 cm³/mol. The number of hydrogen-bond acceptors (Lipinski definition) is 5. The first-order valence-corrected chi connectivity index (χ1v) is 8.40. The highest BCUT2D eigenvalue weighted by Gasteiger charge is 2.39. The summed E-state index contributed by atoms with van der Waals surface area (Å²) >= 11 is 3.60. The molecule has 4 atom stereocenters. The van der Waals surface area contributed by atoms with Gasteiger partial charge in [0.2, 0.25) is 0 Å². The lowest BCUT2D eigenvalue weighted by atomic mass is 9.74. The minimum atomic E-state index is 0.142. The number of hydrogen-bond donors (Lipinski definition) is 0. The predicted octanol–water partition coefficient (Wildman–Crippen LogP) is 3.15. The number of halogens is 1. The van der Waals surface area contributed by atoms with E-state index in [0.717, 1.165) is 37.6 Å². The molecule has 1 aromatic rings. The van der Waals surface area contributed by atoms with Crippen molar-refractivity contribution < 1.29 is 9.15 Å². The van der Waals surface area contributed by atoms with Crippen molar-refractivity contribution in [1.29, 1.82) is 0 Å². The molecule has 2 aliphatic rings. The third-order valence-electron chi connectivity index (χ3n) is 4.52. The lowest BCUT2D eigenvalue weighted by Gasteiger charge is -2.35. The zero-order chi connectivity index (χ0) is 15.0. The van der Waals surface area contributed by atoms with E-state index in [9.17, 15) is 0 Å². The Bertz CT molecular complexity index is 531. The number of ether oxygens (including phenoxy) is 1. The van der Waals surface area contributed by atoms with Crippen LogP contribution in [0.5, 0.6) is 0 Å². The first-order chi connectivity index (χ1) is 10.0. The molecular weight excluding hydrogens is 334 g/mol. The smallest absolute Gasteiger partial charge is 0.191 e. The van der Waals surface area contributed by atoms with E-state index in [1.54, 1.807) is 0 Å². The van der Waals surface area contributed by atoms with Gasteiger partial charge >= 0.3 is 0 Å². The molecule has 0 aromatic carbocycles. The number of aromatic nitrogens is 1. The Labute approximate surface area is 133 Å². The Morgan fingerprint density at radius 1 is 1.43 bits per heavy atom. The van der Waals surface area contributed by atoms with Crippen LogP contribution in [0.25, 0.3) is 0 Å². The van der Waals surface area contributed by atoms with Crippen LogP contribution in [0.1, 0.15) is 37.3 Å². The van der Waals surface area contributed by atoms with Gasteiger partial charge in [0, 0.05) is 44.7 Å². The lowest BCUT2D eigenvalue weighted by Crippen LogP contribution is -2.33. The number of rotatable bonds is 3. The summed E-state index contributed by atoms with van der Waals surface area (Å²) in [5.74, 6) is 2.02. The Balaban J connectivity index is 1.89. The molecule has 4 unspecified atom stereocenters. The van der Waals surface area contributed by atoms with Gasteiger partial charge in [-0.1, -0.05) is 15.9 Å². The van der Waals surface area contributed by atoms with Crippen molar-refractivity contribution in [3.05, 3.63) is 17.8 Å². The quantitative estimate of drug-likeness (QED) is 0.781. The van der Waals surface area contributed by atoms with Crippen molar-refractivity contribution in [2.45, 2.75) is 37.6 Å². The van der Waals surface area contributed by atoms with Crippen LogP contribution in [0.4, 0.5) is 0 Å². The molecule has 3 heterocycles. The molecule has 21 heavy (non-hydrogen) atoms. The summed E-state index contributed by atoms with van der Waals surface area (Å²) in [6.07, 6.45) is 3.89. The van der Waals surface area contributed by atoms with Crippen LogP contribution in [-0.2, 0) is 4.74 Å². The van der Waals surface area contributed by atoms with Crippen LogP contribution in [0.2, 0.25) is 0 Å². The van der Waals surface area contributed by atoms with Gasteiger partial charge in [-0.2, -0.15) is 5.10 Å². The molecule has 116 valence electrons. The second kappa shape index (κ2) is 6.08. The minimum Gasteiger partial charge on any atom is -0.449 e. The Morgan fingerprint density at radius 2 is 2.24 bits per heavy atom. The second-order valence-corrected chi connectivity index (χ2v) is 7.09. The van der Waals surface area contributed by atoms with Crippen molar-refractivity contribution >= 4 is 21.6 Å². The van der Waals surface area contributed by atoms with Crippen LogP contribution in [-0.4, -0.2) is 40.9 Å². The molecule has 0 bridgehead atoms. The fourth-order valence-electron chi connectivity index (χ4n) is 3.58. The molecule has 2 aliphatic heterocycles. The molecule has 0 N–H and O–H groups in total. The van der Waals surface area contributed by atoms with Crippen LogP contribution < -0.4 is 0 Å². The average molecular weight is 356 g/mol. The molecule has 3 rings (SSSR count). The van der Waals surface area contributed by atoms with E-state index in [1.165, 1.54) is 5.71 Å². The number of oxazole rings is 1. The van der Waals surface area contributed by atoms with Gasteiger partial charge in [0.15, 0.2) is 5.89 Å². The number of aryl methyl sites for hydroxylation is 1. The molecule has 0 aliphatic carbocycles. The third-order valence-corrected chi connectivity index (χ3v) is 5.16. The fraction of sp³-hybridized carbons (Fsp3) is 0.733. The van der Waals surface area contributed by atoms with Crippen LogP contribution in [0, 0.1) is 18.8 Å². The maximum atomic E-state index is 5.64. The van der Waals surface area contributed by atoms with Gasteiger partial charge in [-0.25, -0.2) is 4.98 Å². The summed E-state index contributed by atoms with van der Waals surface area (Å²) in [6.45, 7) is 5.78. The molecule has 0 radical (unpaired) electrons. The van der Waals surface area contributed by atoms with Gasteiger partial charge in [-0.3, -0.25) is 5.01 Å². The van der Waals surface area contributed by atoms with E-state index < -0.39 is 0 Å². The molecule has 5 nitrogen and oxygen atoms in total. The molecule has 1 aromatic heterocycles. The van der Waals surface area contributed by atoms with Crippen LogP contribution in [0.15, 0.2) is 15.8 Å². The van der Waals surface area contributed by atoms with Gasteiger partial charge in [0.25, 0.3) is 0 Å². The molecular formula is C15H22BrN3O2. The van der Waals surface area contributed by atoms with Gasteiger partial charge in [0.1, 0.15) is 11.3 Å². The van der Waals surface area contributed by atoms with Gasteiger partial charge in [-0.05, 0) is 25.7 Å². The standard InChI is InChI=1S/C15H22BrN3O2/c1-9-12(7-19(3)18-9)15(13-8-21-10(2)17-13)11-4-5-20-14(16)6-11/h8,11-12,14-15H,4-7H2,1-3H3. The molecule has 0 saturated carbocycles. The highest BCUT2D eigenvalue weighted by Crippen LogP contribution is 2.42. The Morgan fingerprint density at radius 3 is 2.81 bits per heavy atom. The fourth-order valence-corrected chi connectivity index (χ4v) is 4.25. The molecule has 0 amide bonds. The van der Waals surface area contributed by atoms with Crippen molar-refractivity contribution in [1.82, 2.24) is 9.99 Å². The van der Waals surface area contributed by atoms with Crippen molar-refractivity contribution in [3.8, 4) is 0 Å². The number of hydrazone groups is 1. The SMILES string of the molecule is CC1=NN(C)CC1C(c1coc(C)n1)C1CCOC(Br)C1. The van der Waals surface area contributed by atoms with E-state index >= 15 is 0 Å². The average Bonchev–Trinajstić information content (AvgIpc) is 2.97. The molecule has 1 saturated heterocycles. The van der Waals surface area contributed by atoms with Gasteiger partial charge in [-0.15, -0.1) is 0 Å². The molecule has 0 spiro atoms. The Hall–Kier alpha value is -0.880. The first-order valence-electron chi connectivity index (χ1n) is 7.48. The minimum absolute atomic E-state index is 0.142. The summed E-state index contributed by atoms with van der Waals surface area (Å²) in [4.78, 5) is 4.62. The zero-order valence-electron chi connectivity index (χ0n) is 12.8. The summed E-state index contributed by atoms with van der Waals surface area (Å²) in [6, 6.07) is 0. The van der Waals surface area contributed by atoms with E-state index in [2.05, 4.69) is 32.9 Å². The summed E-state index contributed by atoms with van der Waals surface area (Å²) in [5, 5.41) is 6.76. The Kier molecular flexibility index (Phi) is 4.36. The van der Waals surface area contributed by atoms with E-state index in [4.69, 9.17) is 9.15 Å². The van der Waals surface area contributed by atoms with Crippen molar-refractivity contribution in [2.75, 3.05) is 20.2 Å². The largest absolute Gasteiger partial charge is 0.449 e. The first kappa shape index (κ1) is 15.0. The maximum Gasteiger partial charge on any atom is 0.191 e. The van der Waals surface area contributed by atoms with Gasteiger partial charge < -0.3 is 9.15 Å². The summed E-state index contributed by atoms with van der Waals surface area (Å²) < 4.78 is 11.1. The highest BCUT2D eigenvalue weighted by atomic mass is 79.9. The van der Waals surface area contributed by atoms with Gasteiger partial charge in [0.05, 0.1) is 5.69 Å². The second-order valence-electron chi connectivity index (χ2n) is 6.07. The normalized spacial score (nSPS) is 31.3. The van der Waals surface area contributed by atoms with E-state index in [-0.39, 0.29) is 5.01 Å². The highest BCUT2D eigenvalue weighted by molar-refractivity contribution is 9.09. The van der Waals surface area contributed by atoms with Crippen molar-refractivity contribution in [2.24, 2.45) is 16.9 Å². The lowest BCUT2D eigenvalue weighted by molar-refractivity contribution is 0.0354. The van der Waals surface area contributed by atoms with Crippen LogP contribution >= 0.6 is 15.9 Å². The zero-order valence-corrected chi connectivity index (χ0v) is 14.3. The van der Waals surface area contributed by atoms with E-state index in [1.807, 2.05) is 25.2 Å². The third kappa shape index (κ3) is 3.16. The monoisotopic (exact) mass is 355 g/mol. The van der Waals surface area contributed by atoms with Crippen LogP contribution in [0.3, 0.4) is 0 Å². The summed E-state index contributed by atoms with van der Waals surface area (Å²) in [7, 11) is 2.03.